The summed E-state index contributed by atoms with van der Waals surface area (Å²) in [6.07, 6.45) is 2.95. The van der Waals surface area contributed by atoms with Crippen LogP contribution in [0.5, 0.6) is 0 Å². The van der Waals surface area contributed by atoms with Crippen LogP contribution in [0.2, 0.25) is 0 Å². The van der Waals surface area contributed by atoms with Gasteiger partial charge in [0.2, 0.25) is 5.91 Å². The number of carbonyl (C=O) groups is 2. The van der Waals surface area contributed by atoms with Gasteiger partial charge in [-0.3, -0.25) is 15.0 Å². The molecule has 7 heteroatoms. The lowest BCUT2D eigenvalue weighted by atomic mass is 10.3. The Labute approximate surface area is 107 Å². The predicted molar refractivity (Wildman–Crippen MR) is 66.0 cm³/mol. The zero-order valence-corrected chi connectivity index (χ0v) is 10.5. The molecule has 0 spiro atoms. The van der Waals surface area contributed by atoms with Crippen molar-refractivity contribution < 1.29 is 9.59 Å². The Bertz CT molecular complexity index is 296. The van der Waals surface area contributed by atoms with Crippen molar-refractivity contribution in [2.45, 2.75) is 31.3 Å². The molecule has 2 rings (SSSR count). The highest BCUT2D eigenvalue weighted by Crippen LogP contribution is 2.18. The van der Waals surface area contributed by atoms with E-state index < -0.39 is 0 Å². The van der Waals surface area contributed by atoms with Crippen LogP contribution in [0.4, 0.5) is 4.79 Å². The summed E-state index contributed by atoms with van der Waals surface area (Å²) >= 11 is 0. The highest BCUT2D eigenvalue weighted by atomic mass is 35.5. The molecule has 17 heavy (non-hydrogen) atoms. The molecule has 1 heterocycles. The SMILES string of the molecule is Cl.N[C@H]1CCN(CC(=O)NC(=O)NC2CC2)C1. The topological polar surface area (TPSA) is 87.5 Å². The monoisotopic (exact) mass is 262 g/mol. The highest BCUT2D eigenvalue weighted by molar-refractivity contribution is 5.95. The maximum absolute atomic E-state index is 11.5. The number of halogens is 1. The molecule has 6 nitrogen and oxygen atoms in total. The van der Waals surface area contributed by atoms with Crippen LogP contribution in [-0.2, 0) is 4.79 Å². The standard InChI is InChI=1S/C10H18N4O2.ClH/c11-7-3-4-14(5-7)6-9(15)13-10(16)12-8-1-2-8;/h7-8H,1-6,11H2,(H2,12,13,15,16);1H/t7-;/m0./s1. The number of nitrogens with two attached hydrogens (primary N) is 1. The van der Waals surface area contributed by atoms with E-state index in [9.17, 15) is 9.59 Å². The van der Waals surface area contributed by atoms with E-state index in [0.717, 1.165) is 32.4 Å². The lowest BCUT2D eigenvalue weighted by molar-refractivity contribution is -0.120. The predicted octanol–water partition coefficient (Wildman–Crippen LogP) is -0.571. The van der Waals surface area contributed by atoms with Crippen LogP contribution in [0.25, 0.3) is 0 Å². The molecule has 2 fully saturated rings. The lowest BCUT2D eigenvalue weighted by Crippen LogP contribution is -2.45. The quantitative estimate of drug-likeness (QED) is 0.636. The molecule has 2 aliphatic rings. The second-order valence-electron chi connectivity index (χ2n) is 4.58. The molecule has 1 saturated heterocycles. The van der Waals surface area contributed by atoms with Crippen LogP contribution in [0.3, 0.4) is 0 Å². The number of amides is 3. The number of imide groups is 1. The van der Waals surface area contributed by atoms with Crippen LogP contribution in [0.1, 0.15) is 19.3 Å². The number of hydrogen-bond donors (Lipinski definition) is 3. The summed E-state index contributed by atoms with van der Waals surface area (Å²) in [5.74, 6) is -0.257. The maximum Gasteiger partial charge on any atom is 0.321 e. The minimum atomic E-state index is -0.379. The number of rotatable bonds is 3. The fraction of sp³-hybridized carbons (Fsp3) is 0.800. The normalized spacial score (nSPS) is 23.9. The zero-order chi connectivity index (χ0) is 11.5. The molecule has 4 N–H and O–H groups in total. The first kappa shape index (κ1) is 14.2. The molecular weight excluding hydrogens is 244 g/mol. The van der Waals surface area contributed by atoms with Gasteiger partial charge >= 0.3 is 6.03 Å². The molecule has 98 valence electrons. The van der Waals surface area contributed by atoms with Crippen molar-refractivity contribution in [3.8, 4) is 0 Å². The molecule has 1 saturated carbocycles. The van der Waals surface area contributed by atoms with Gasteiger partial charge in [0.1, 0.15) is 0 Å². The summed E-state index contributed by atoms with van der Waals surface area (Å²) in [4.78, 5) is 24.7. The van der Waals surface area contributed by atoms with Crippen LogP contribution in [0.15, 0.2) is 0 Å². The molecule has 0 bridgehead atoms. The van der Waals surface area contributed by atoms with Crippen LogP contribution in [0, 0.1) is 0 Å². The third kappa shape index (κ3) is 4.89. The number of nitrogens with one attached hydrogen (secondary N) is 2. The Morgan fingerprint density at radius 1 is 1.29 bits per heavy atom. The van der Waals surface area contributed by atoms with Gasteiger partial charge in [-0.15, -0.1) is 12.4 Å². The number of likely N-dealkylation sites (tertiary alicyclic amines) is 1. The fourth-order valence-electron chi connectivity index (χ4n) is 1.82. The Kier molecular flexibility index (Phi) is 5.17. The van der Waals surface area contributed by atoms with E-state index in [1.54, 1.807) is 0 Å². The van der Waals surface area contributed by atoms with E-state index in [1.165, 1.54) is 0 Å². The Morgan fingerprint density at radius 3 is 2.53 bits per heavy atom. The van der Waals surface area contributed by atoms with E-state index >= 15 is 0 Å². The third-order valence-electron chi connectivity index (χ3n) is 2.84. The van der Waals surface area contributed by atoms with Gasteiger partial charge in [0.25, 0.3) is 0 Å². The number of urea groups is 1. The Morgan fingerprint density at radius 2 is 2.00 bits per heavy atom. The molecular formula is C10H19ClN4O2. The van der Waals surface area contributed by atoms with Crippen molar-refractivity contribution in [2.24, 2.45) is 5.73 Å². The molecule has 0 aromatic heterocycles. The first-order valence-electron chi connectivity index (χ1n) is 5.72. The van der Waals surface area contributed by atoms with E-state index in [2.05, 4.69) is 10.6 Å². The van der Waals surface area contributed by atoms with Crippen LogP contribution < -0.4 is 16.4 Å². The van der Waals surface area contributed by atoms with Crippen LogP contribution >= 0.6 is 12.4 Å². The maximum atomic E-state index is 11.5. The lowest BCUT2D eigenvalue weighted by Gasteiger charge is -2.14. The molecule has 1 atom stereocenters. The van der Waals surface area contributed by atoms with Crippen molar-refractivity contribution in [2.75, 3.05) is 19.6 Å². The van der Waals surface area contributed by atoms with E-state index in [4.69, 9.17) is 5.73 Å². The van der Waals surface area contributed by atoms with Gasteiger partial charge in [-0.05, 0) is 19.3 Å². The van der Waals surface area contributed by atoms with Crippen molar-refractivity contribution >= 4 is 24.3 Å². The van der Waals surface area contributed by atoms with E-state index in [-0.39, 0.29) is 43.0 Å². The first-order valence-corrected chi connectivity index (χ1v) is 5.72. The highest BCUT2D eigenvalue weighted by Gasteiger charge is 2.25. The van der Waals surface area contributed by atoms with E-state index in [1.807, 2.05) is 4.90 Å². The fourth-order valence-corrected chi connectivity index (χ4v) is 1.82. The summed E-state index contributed by atoms with van der Waals surface area (Å²) < 4.78 is 0. The number of hydrogen-bond acceptors (Lipinski definition) is 4. The Hall–Kier alpha value is -0.850. The zero-order valence-electron chi connectivity index (χ0n) is 9.65. The molecule has 0 aromatic carbocycles. The van der Waals surface area contributed by atoms with Crippen molar-refractivity contribution in [3.63, 3.8) is 0 Å². The van der Waals surface area contributed by atoms with Gasteiger partial charge < -0.3 is 11.1 Å². The Balaban J connectivity index is 0.00000144. The van der Waals surface area contributed by atoms with Gasteiger partial charge in [-0.1, -0.05) is 0 Å². The molecule has 0 aromatic rings. The van der Waals surface area contributed by atoms with Gasteiger partial charge in [0.05, 0.1) is 6.54 Å². The van der Waals surface area contributed by atoms with Crippen molar-refractivity contribution in [3.05, 3.63) is 0 Å². The van der Waals surface area contributed by atoms with Crippen molar-refractivity contribution in [1.29, 1.82) is 0 Å². The van der Waals surface area contributed by atoms with Crippen LogP contribution in [-0.4, -0.2) is 48.6 Å². The smallest absolute Gasteiger partial charge is 0.321 e. The summed E-state index contributed by atoms with van der Waals surface area (Å²) in [6.45, 7) is 1.82. The van der Waals surface area contributed by atoms with Gasteiger partial charge in [0.15, 0.2) is 0 Å². The second-order valence-corrected chi connectivity index (χ2v) is 4.58. The number of nitrogens with zero attached hydrogens (tertiary/aromatic N) is 1. The third-order valence-corrected chi connectivity index (χ3v) is 2.84. The summed E-state index contributed by atoms with van der Waals surface area (Å²) in [6, 6.07) is 0.0529. The second kappa shape index (κ2) is 6.18. The average Bonchev–Trinajstić information content (AvgIpc) is 2.89. The molecule has 0 unspecified atom stereocenters. The minimum absolute atomic E-state index is 0. The summed E-state index contributed by atoms with van der Waals surface area (Å²) in [5.41, 5.74) is 5.72. The molecule has 3 amide bonds. The summed E-state index contributed by atoms with van der Waals surface area (Å²) in [5, 5.41) is 5.03. The molecule has 1 aliphatic carbocycles. The van der Waals surface area contributed by atoms with E-state index in [0.29, 0.717) is 0 Å². The van der Waals surface area contributed by atoms with Gasteiger partial charge in [0, 0.05) is 25.2 Å². The minimum Gasteiger partial charge on any atom is -0.335 e. The number of carbonyl (C=O) groups excluding carboxylic acids is 2. The summed E-state index contributed by atoms with van der Waals surface area (Å²) in [7, 11) is 0. The largest absolute Gasteiger partial charge is 0.335 e. The average molecular weight is 263 g/mol. The first-order chi connectivity index (χ1) is 7.63. The van der Waals surface area contributed by atoms with Gasteiger partial charge in [-0.25, -0.2) is 4.79 Å². The molecule has 1 aliphatic heterocycles. The molecule has 0 radical (unpaired) electrons. The van der Waals surface area contributed by atoms with Crippen molar-refractivity contribution in [1.82, 2.24) is 15.5 Å². The van der Waals surface area contributed by atoms with Gasteiger partial charge in [-0.2, -0.15) is 0 Å².